The van der Waals surface area contributed by atoms with E-state index in [0.29, 0.717) is 5.69 Å². The maximum atomic E-state index is 10.6. The van der Waals surface area contributed by atoms with Crippen molar-refractivity contribution in [2.24, 2.45) is 7.05 Å². The average Bonchev–Trinajstić information content (AvgIpc) is 2.30. The van der Waals surface area contributed by atoms with Crippen molar-refractivity contribution in [3.63, 3.8) is 0 Å². The van der Waals surface area contributed by atoms with E-state index in [2.05, 4.69) is 5.10 Å². The predicted molar refractivity (Wildman–Crippen MR) is 44.0 cm³/mol. The van der Waals surface area contributed by atoms with Crippen molar-refractivity contribution in [3.8, 4) is 0 Å². The van der Waals surface area contributed by atoms with Gasteiger partial charge in [-0.3, -0.25) is 9.48 Å². The van der Waals surface area contributed by atoms with E-state index in [0.717, 1.165) is 5.69 Å². The van der Waals surface area contributed by atoms with E-state index < -0.39 is 11.9 Å². The molecule has 66 valence electrons. The SMILES string of the molecule is Cc1cc(C(C)C(=O)O)nn1C. The number of carboxylic acids is 1. The lowest BCUT2D eigenvalue weighted by Crippen LogP contribution is -2.08. The first kappa shape index (κ1) is 8.77. The van der Waals surface area contributed by atoms with Crippen molar-refractivity contribution < 1.29 is 9.90 Å². The van der Waals surface area contributed by atoms with Gasteiger partial charge < -0.3 is 5.11 Å². The monoisotopic (exact) mass is 168 g/mol. The molecule has 1 heterocycles. The Morgan fingerprint density at radius 1 is 1.75 bits per heavy atom. The molecular formula is C8H12N2O2. The number of aliphatic carboxylic acids is 1. The fourth-order valence-corrected chi connectivity index (χ4v) is 0.926. The molecule has 0 aromatic carbocycles. The highest BCUT2D eigenvalue weighted by Gasteiger charge is 2.16. The van der Waals surface area contributed by atoms with Crippen LogP contribution in [0.3, 0.4) is 0 Å². The number of carboxylic acid groups (broad SMARTS) is 1. The largest absolute Gasteiger partial charge is 0.481 e. The quantitative estimate of drug-likeness (QED) is 0.714. The van der Waals surface area contributed by atoms with E-state index in [4.69, 9.17) is 5.11 Å². The van der Waals surface area contributed by atoms with Crippen LogP contribution in [-0.2, 0) is 11.8 Å². The molecule has 0 saturated heterocycles. The van der Waals surface area contributed by atoms with Crippen LogP contribution in [0.2, 0.25) is 0 Å². The number of carbonyl (C=O) groups is 1. The zero-order valence-electron chi connectivity index (χ0n) is 7.40. The van der Waals surface area contributed by atoms with Crippen LogP contribution in [0.5, 0.6) is 0 Å². The molecule has 1 atom stereocenters. The summed E-state index contributed by atoms with van der Waals surface area (Å²) < 4.78 is 1.68. The Morgan fingerprint density at radius 2 is 2.33 bits per heavy atom. The molecule has 0 bridgehead atoms. The van der Waals surface area contributed by atoms with Crippen LogP contribution in [0.15, 0.2) is 6.07 Å². The van der Waals surface area contributed by atoms with Gasteiger partial charge in [0.1, 0.15) is 0 Å². The van der Waals surface area contributed by atoms with Crippen LogP contribution in [0, 0.1) is 6.92 Å². The van der Waals surface area contributed by atoms with Gasteiger partial charge in [-0.25, -0.2) is 0 Å². The number of hydrogen-bond acceptors (Lipinski definition) is 2. The second-order valence-electron chi connectivity index (χ2n) is 2.89. The average molecular weight is 168 g/mol. The summed E-state index contributed by atoms with van der Waals surface area (Å²) in [4.78, 5) is 10.6. The Labute approximate surface area is 70.8 Å². The third-order valence-electron chi connectivity index (χ3n) is 1.95. The van der Waals surface area contributed by atoms with Gasteiger partial charge in [0, 0.05) is 12.7 Å². The molecule has 1 N–H and O–H groups in total. The topological polar surface area (TPSA) is 55.1 Å². The summed E-state index contributed by atoms with van der Waals surface area (Å²) in [6, 6.07) is 1.79. The normalized spacial score (nSPS) is 12.9. The van der Waals surface area contributed by atoms with Crippen LogP contribution in [-0.4, -0.2) is 20.9 Å². The molecule has 0 aliphatic heterocycles. The zero-order valence-corrected chi connectivity index (χ0v) is 7.40. The van der Waals surface area contributed by atoms with Crippen LogP contribution >= 0.6 is 0 Å². The van der Waals surface area contributed by atoms with Crippen LogP contribution in [0.1, 0.15) is 24.2 Å². The molecule has 0 radical (unpaired) electrons. The summed E-state index contributed by atoms with van der Waals surface area (Å²) in [5.41, 5.74) is 1.58. The number of aryl methyl sites for hydroxylation is 2. The Hall–Kier alpha value is -1.32. The molecule has 0 fully saturated rings. The van der Waals surface area contributed by atoms with Crippen molar-refractivity contribution in [1.29, 1.82) is 0 Å². The summed E-state index contributed by atoms with van der Waals surface area (Å²) >= 11 is 0. The third kappa shape index (κ3) is 1.47. The Morgan fingerprint density at radius 3 is 2.67 bits per heavy atom. The minimum absolute atomic E-state index is 0.523. The number of nitrogens with zero attached hydrogens (tertiary/aromatic N) is 2. The Kier molecular flexibility index (Phi) is 2.17. The van der Waals surface area contributed by atoms with Crippen molar-refractivity contribution in [1.82, 2.24) is 9.78 Å². The van der Waals surface area contributed by atoms with E-state index in [-0.39, 0.29) is 0 Å². The molecule has 1 unspecified atom stereocenters. The first-order valence-corrected chi connectivity index (χ1v) is 3.75. The van der Waals surface area contributed by atoms with Crippen molar-refractivity contribution in [2.75, 3.05) is 0 Å². The third-order valence-corrected chi connectivity index (χ3v) is 1.95. The minimum Gasteiger partial charge on any atom is -0.481 e. The van der Waals surface area contributed by atoms with Gasteiger partial charge in [-0.05, 0) is 19.9 Å². The number of aromatic nitrogens is 2. The molecule has 0 spiro atoms. The highest BCUT2D eigenvalue weighted by molar-refractivity contribution is 5.74. The number of hydrogen-bond donors (Lipinski definition) is 1. The van der Waals surface area contributed by atoms with E-state index in [1.54, 1.807) is 24.7 Å². The molecule has 1 aromatic heterocycles. The van der Waals surface area contributed by atoms with Gasteiger partial charge in [0.15, 0.2) is 0 Å². The lowest BCUT2D eigenvalue weighted by molar-refractivity contribution is -0.138. The summed E-state index contributed by atoms with van der Waals surface area (Å²) in [5.74, 6) is -1.36. The molecule has 4 nitrogen and oxygen atoms in total. The maximum Gasteiger partial charge on any atom is 0.312 e. The first-order valence-electron chi connectivity index (χ1n) is 3.75. The zero-order chi connectivity index (χ0) is 9.30. The van der Waals surface area contributed by atoms with Gasteiger partial charge in [-0.15, -0.1) is 0 Å². The Bertz CT molecular complexity index is 285. The second kappa shape index (κ2) is 2.97. The highest BCUT2D eigenvalue weighted by atomic mass is 16.4. The van der Waals surface area contributed by atoms with E-state index in [9.17, 15) is 4.79 Å². The van der Waals surface area contributed by atoms with Gasteiger partial charge in [-0.1, -0.05) is 0 Å². The fraction of sp³-hybridized carbons (Fsp3) is 0.500. The summed E-state index contributed by atoms with van der Waals surface area (Å²) in [6.07, 6.45) is 0. The lowest BCUT2D eigenvalue weighted by atomic mass is 10.1. The molecule has 1 aromatic rings. The molecule has 0 aliphatic carbocycles. The van der Waals surface area contributed by atoms with Crippen LogP contribution < -0.4 is 0 Å². The van der Waals surface area contributed by atoms with Gasteiger partial charge in [-0.2, -0.15) is 5.10 Å². The summed E-state index contributed by atoms with van der Waals surface area (Å²) in [7, 11) is 1.80. The summed E-state index contributed by atoms with van der Waals surface area (Å²) in [5, 5.41) is 12.8. The fourth-order valence-electron chi connectivity index (χ4n) is 0.926. The summed E-state index contributed by atoms with van der Waals surface area (Å²) in [6.45, 7) is 3.52. The predicted octanol–water partition coefficient (Wildman–Crippen LogP) is 0.917. The molecule has 0 saturated carbocycles. The molecular weight excluding hydrogens is 156 g/mol. The highest BCUT2D eigenvalue weighted by Crippen LogP contribution is 2.13. The van der Waals surface area contributed by atoms with Gasteiger partial charge in [0.05, 0.1) is 11.6 Å². The van der Waals surface area contributed by atoms with Crippen molar-refractivity contribution >= 4 is 5.97 Å². The van der Waals surface area contributed by atoms with Gasteiger partial charge >= 0.3 is 5.97 Å². The van der Waals surface area contributed by atoms with Gasteiger partial charge in [0.25, 0.3) is 0 Å². The minimum atomic E-state index is -0.840. The maximum absolute atomic E-state index is 10.6. The van der Waals surface area contributed by atoms with Crippen LogP contribution in [0.4, 0.5) is 0 Å². The lowest BCUT2D eigenvalue weighted by Gasteiger charge is -1.99. The standard InChI is InChI=1S/C8H12N2O2/c1-5-4-7(9-10(5)3)6(2)8(11)12/h4,6H,1-3H3,(H,11,12). The molecule has 1 rings (SSSR count). The van der Waals surface area contributed by atoms with E-state index in [1.165, 1.54) is 0 Å². The van der Waals surface area contributed by atoms with Gasteiger partial charge in [0.2, 0.25) is 0 Å². The molecule has 0 aliphatic rings. The molecule has 4 heteroatoms. The smallest absolute Gasteiger partial charge is 0.312 e. The van der Waals surface area contributed by atoms with Crippen LogP contribution in [0.25, 0.3) is 0 Å². The second-order valence-corrected chi connectivity index (χ2v) is 2.89. The van der Waals surface area contributed by atoms with E-state index in [1.807, 2.05) is 6.92 Å². The molecule has 0 amide bonds. The first-order chi connectivity index (χ1) is 5.52. The van der Waals surface area contributed by atoms with E-state index >= 15 is 0 Å². The van der Waals surface area contributed by atoms with Crippen molar-refractivity contribution in [2.45, 2.75) is 19.8 Å². The molecule has 12 heavy (non-hydrogen) atoms. The Balaban J connectivity index is 2.96. The number of rotatable bonds is 2. The van der Waals surface area contributed by atoms with Crippen molar-refractivity contribution in [3.05, 3.63) is 17.5 Å².